The molecule has 1 aromatic heterocycles. The number of thioether (sulfide) groups is 1. The zero-order valence-corrected chi connectivity index (χ0v) is 16.5. The smallest absolute Gasteiger partial charge is 0.253 e. The van der Waals surface area contributed by atoms with Crippen LogP contribution in [0.3, 0.4) is 0 Å². The molecule has 0 aliphatic rings. The van der Waals surface area contributed by atoms with E-state index in [1.807, 2.05) is 55.6 Å². The Bertz CT molecular complexity index is 919. The Morgan fingerprint density at radius 2 is 1.92 bits per heavy atom. The van der Waals surface area contributed by atoms with Crippen molar-refractivity contribution in [3.63, 3.8) is 0 Å². The summed E-state index contributed by atoms with van der Waals surface area (Å²) in [6.45, 7) is 2.01. The van der Waals surface area contributed by atoms with E-state index >= 15 is 0 Å². The van der Waals surface area contributed by atoms with E-state index in [1.165, 1.54) is 0 Å². The molecule has 0 saturated heterocycles. The first-order valence-corrected chi connectivity index (χ1v) is 9.56. The quantitative estimate of drug-likeness (QED) is 0.590. The van der Waals surface area contributed by atoms with Gasteiger partial charge in [0, 0.05) is 42.8 Å². The van der Waals surface area contributed by atoms with Crippen molar-refractivity contribution in [2.24, 2.45) is 0 Å². The van der Waals surface area contributed by atoms with E-state index < -0.39 is 0 Å². The Morgan fingerprint density at radius 1 is 1.19 bits per heavy atom. The van der Waals surface area contributed by atoms with Gasteiger partial charge in [-0.3, -0.25) is 9.36 Å². The van der Waals surface area contributed by atoms with Gasteiger partial charge in [0.15, 0.2) is 5.16 Å². The van der Waals surface area contributed by atoms with Gasteiger partial charge in [0.05, 0.1) is 5.69 Å². The number of carbonyl (C=O) groups is 1. The van der Waals surface area contributed by atoms with Gasteiger partial charge in [-0.2, -0.15) is 0 Å². The normalized spacial score (nSPS) is 10.8. The number of halogens is 1. The van der Waals surface area contributed by atoms with Gasteiger partial charge in [0.2, 0.25) is 0 Å². The molecule has 0 bridgehead atoms. The van der Waals surface area contributed by atoms with Gasteiger partial charge < -0.3 is 4.90 Å². The van der Waals surface area contributed by atoms with Gasteiger partial charge in [-0.05, 0) is 42.3 Å². The highest BCUT2D eigenvalue weighted by molar-refractivity contribution is 7.98. The molecule has 6 heteroatoms. The Balaban J connectivity index is 1.75. The summed E-state index contributed by atoms with van der Waals surface area (Å²) in [5.41, 5.74) is 3.90. The number of imidazole rings is 1. The molecule has 4 nitrogen and oxygen atoms in total. The maximum absolute atomic E-state index is 12.0. The summed E-state index contributed by atoms with van der Waals surface area (Å²) in [6.07, 6.45) is 3.74. The molecule has 3 rings (SSSR count). The van der Waals surface area contributed by atoms with E-state index in [0.29, 0.717) is 5.56 Å². The molecule has 0 spiro atoms. The van der Waals surface area contributed by atoms with Crippen LogP contribution in [-0.2, 0) is 5.75 Å². The summed E-state index contributed by atoms with van der Waals surface area (Å²) in [5, 5.41) is 1.65. The Labute approximate surface area is 162 Å². The lowest BCUT2D eigenvalue weighted by Gasteiger charge is -2.12. The van der Waals surface area contributed by atoms with Crippen molar-refractivity contribution in [2.45, 2.75) is 17.8 Å². The van der Waals surface area contributed by atoms with E-state index in [4.69, 9.17) is 11.6 Å². The molecule has 0 unspecified atom stereocenters. The number of amides is 1. The average molecular weight is 386 g/mol. The maximum atomic E-state index is 12.0. The molecule has 0 atom stereocenters. The zero-order valence-electron chi connectivity index (χ0n) is 14.9. The molecule has 2 aromatic carbocycles. The number of nitrogens with zero attached hydrogens (tertiary/aromatic N) is 3. The van der Waals surface area contributed by atoms with Gasteiger partial charge in [0.25, 0.3) is 5.91 Å². The lowest BCUT2D eigenvalue weighted by Crippen LogP contribution is -2.21. The van der Waals surface area contributed by atoms with E-state index in [-0.39, 0.29) is 5.91 Å². The zero-order chi connectivity index (χ0) is 18.7. The number of carbonyl (C=O) groups excluding carboxylic acids is 1. The van der Waals surface area contributed by atoms with Gasteiger partial charge in [-0.15, -0.1) is 0 Å². The SMILES string of the molecule is Cc1c(Cl)cccc1-n1ccnc1SCc1ccc(C(=O)N(C)C)cc1. The number of hydrogen-bond acceptors (Lipinski definition) is 3. The van der Waals surface area contributed by atoms with Crippen LogP contribution in [0.2, 0.25) is 5.02 Å². The van der Waals surface area contributed by atoms with Crippen LogP contribution >= 0.6 is 23.4 Å². The highest BCUT2D eigenvalue weighted by atomic mass is 35.5. The highest BCUT2D eigenvalue weighted by Gasteiger charge is 2.11. The Morgan fingerprint density at radius 3 is 2.62 bits per heavy atom. The first-order valence-electron chi connectivity index (χ1n) is 8.19. The fraction of sp³-hybridized carbons (Fsp3) is 0.200. The molecule has 0 fully saturated rings. The van der Waals surface area contributed by atoms with Crippen LogP contribution in [0.15, 0.2) is 60.0 Å². The second kappa shape index (κ2) is 7.98. The summed E-state index contributed by atoms with van der Waals surface area (Å²) < 4.78 is 2.05. The van der Waals surface area contributed by atoms with Crippen molar-refractivity contribution in [3.8, 4) is 5.69 Å². The molecule has 0 aliphatic heterocycles. The van der Waals surface area contributed by atoms with E-state index in [9.17, 15) is 4.79 Å². The summed E-state index contributed by atoms with van der Waals surface area (Å²) in [5.74, 6) is 0.781. The highest BCUT2D eigenvalue weighted by Crippen LogP contribution is 2.28. The van der Waals surface area contributed by atoms with E-state index in [2.05, 4.69) is 9.55 Å². The predicted octanol–water partition coefficient (Wildman–Crippen LogP) is 4.83. The van der Waals surface area contributed by atoms with Crippen molar-refractivity contribution in [1.29, 1.82) is 0 Å². The Hall–Kier alpha value is -2.24. The molecule has 134 valence electrons. The van der Waals surface area contributed by atoms with Crippen LogP contribution in [0, 0.1) is 6.92 Å². The number of aromatic nitrogens is 2. The lowest BCUT2D eigenvalue weighted by molar-refractivity contribution is 0.0827. The molecule has 0 saturated carbocycles. The first kappa shape index (κ1) is 18.5. The molecule has 0 radical (unpaired) electrons. The third-order valence-corrected chi connectivity index (χ3v) is 5.53. The third kappa shape index (κ3) is 3.94. The fourth-order valence-electron chi connectivity index (χ4n) is 2.59. The summed E-state index contributed by atoms with van der Waals surface area (Å²) in [7, 11) is 3.51. The minimum atomic E-state index is 0.0103. The van der Waals surface area contributed by atoms with Crippen LogP contribution in [-0.4, -0.2) is 34.5 Å². The molecular formula is C20H20ClN3OS. The molecular weight excluding hydrogens is 366 g/mol. The Kier molecular flexibility index (Phi) is 5.69. The molecule has 3 aromatic rings. The minimum absolute atomic E-state index is 0.0103. The van der Waals surface area contributed by atoms with Gasteiger partial charge >= 0.3 is 0 Å². The second-order valence-electron chi connectivity index (χ2n) is 6.15. The van der Waals surface area contributed by atoms with Crippen molar-refractivity contribution >= 4 is 29.3 Å². The number of rotatable bonds is 5. The fourth-order valence-corrected chi connectivity index (χ4v) is 3.68. The third-order valence-electron chi connectivity index (χ3n) is 4.08. The van der Waals surface area contributed by atoms with Crippen LogP contribution in [0.5, 0.6) is 0 Å². The van der Waals surface area contributed by atoms with Crippen LogP contribution in [0.25, 0.3) is 5.69 Å². The van der Waals surface area contributed by atoms with E-state index in [0.717, 1.165) is 32.7 Å². The average Bonchev–Trinajstić information content (AvgIpc) is 3.10. The molecule has 0 aliphatic carbocycles. The van der Waals surface area contributed by atoms with Crippen LogP contribution in [0.4, 0.5) is 0 Å². The van der Waals surface area contributed by atoms with Gasteiger partial charge in [-0.1, -0.05) is 41.6 Å². The standard InChI is InChI=1S/C20H20ClN3OS/c1-14-17(21)5-4-6-18(14)24-12-11-22-20(24)26-13-15-7-9-16(10-8-15)19(25)23(2)3/h4-12H,13H2,1-3H3. The van der Waals surface area contributed by atoms with Crippen LogP contribution in [0.1, 0.15) is 21.5 Å². The van der Waals surface area contributed by atoms with Gasteiger partial charge in [-0.25, -0.2) is 4.98 Å². The first-order chi connectivity index (χ1) is 12.5. The molecule has 1 amide bonds. The maximum Gasteiger partial charge on any atom is 0.253 e. The molecule has 1 heterocycles. The van der Waals surface area contributed by atoms with Crippen molar-refractivity contribution in [3.05, 3.63) is 76.6 Å². The molecule has 26 heavy (non-hydrogen) atoms. The number of benzene rings is 2. The molecule has 0 N–H and O–H groups in total. The summed E-state index contributed by atoms with van der Waals surface area (Å²) in [6, 6.07) is 13.6. The van der Waals surface area contributed by atoms with Gasteiger partial charge in [0.1, 0.15) is 0 Å². The summed E-state index contributed by atoms with van der Waals surface area (Å²) in [4.78, 5) is 18.0. The van der Waals surface area contributed by atoms with Crippen molar-refractivity contribution in [2.75, 3.05) is 14.1 Å². The minimum Gasteiger partial charge on any atom is -0.345 e. The lowest BCUT2D eigenvalue weighted by atomic mass is 10.1. The summed E-state index contributed by atoms with van der Waals surface area (Å²) >= 11 is 7.90. The van der Waals surface area contributed by atoms with Crippen LogP contribution < -0.4 is 0 Å². The topological polar surface area (TPSA) is 38.1 Å². The van der Waals surface area contributed by atoms with Crippen molar-refractivity contribution < 1.29 is 4.79 Å². The predicted molar refractivity (Wildman–Crippen MR) is 107 cm³/mol. The van der Waals surface area contributed by atoms with Crippen molar-refractivity contribution in [1.82, 2.24) is 14.5 Å². The monoisotopic (exact) mass is 385 g/mol. The number of hydrogen-bond donors (Lipinski definition) is 0. The second-order valence-corrected chi connectivity index (χ2v) is 7.50. The van der Waals surface area contributed by atoms with E-state index in [1.54, 1.807) is 37.0 Å². The largest absolute Gasteiger partial charge is 0.345 e.